The van der Waals surface area contributed by atoms with Gasteiger partial charge in [-0.25, -0.2) is 4.39 Å². The van der Waals surface area contributed by atoms with E-state index in [9.17, 15) is 4.39 Å². The van der Waals surface area contributed by atoms with Crippen molar-refractivity contribution in [2.45, 2.75) is 52.0 Å². The Balaban J connectivity index is 2.02. The Morgan fingerprint density at radius 3 is 2.58 bits per heavy atom. The van der Waals surface area contributed by atoms with Crippen LogP contribution < -0.4 is 11.3 Å². The van der Waals surface area contributed by atoms with Crippen LogP contribution in [-0.4, -0.2) is 6.04 Å². The van der Waals surface area contributed by atoms with Crippen molar-refractivity contribution < 1.29 is 4.39 Å². The van der Waals surface area contributed by atoms with Crippen molar-refractivity contribution in [3.8, 4) is 0 Å². The molecule has 1 atom stereocenters. The molecule has 1 fully saturated rings. The van der Waals surface area contributed by atoms with Crippen LogP contribution in [0.15, 0.2) is 18.2 Å². The van der Waals surface area contributed by atoms with Crippen LogP contribution in [0.1, 0.15) is 43.7 Å². The SMILES string of the molecule is Cc1cc(F)ccc1CC(NN)C1CCC(C)CC1. The van der Waals surface area contributed by atoms with Crippen molar-refractivity contribution in [1.29, 1.82) is 0 Å². The second-order valence-electron chi connectivity index (χ2n) is 6.07. The predicted octanol–water partition coefficient (Wildman–Crippen LogP) is 3.33. The van der Waals surface area contributed by atoms with E-state index in [2.05, 4.69) is 12.3 Å². The van der Waals surface area contributed by atoms with Crippen LogP contribution in [0.5, 0.6) is 0 Å². The molecule has 1 aliphatic rings. The average molecular weight is 264 g/mol. The Hall–Kier alpha value is -0.930. The molecule has 0 radical (unpaired) electrons. The van der Waals surface area contributed by atoms with Crippen LogP contribution in [0.4, 0.5) is 4.39 Å². The van der Waals surface area contributed by atoms with Gasteiger partial charge in [-0.1, -0.05) is 25.8 Å². The number of halogens is 1. The minimum Gasteiger partial charge on any atom is -0.271 e. The van der Waals surface area contributed by atoms with E-state index in [1.165, 1.54) is 31.2 Å². The summed E-state index contributed by atoms with van der Waals surface area (Å²) >= 11 is 0. The van der Waals surface area contributed by atoms with Crippen molar-refractivity contribution in [2.75, 3.05) is 0 Å². The number of hydrogen-bond acceptors (Lipinski definition) is 2. The molecule has 2 nitrogen and oxygen atoms in total. The van der Waals surface area contributed by atoms with Crippen molar-refractivity contribution >= 4 is 0 Å². The van der Waals surface area contributed by atoms with Crippen LogP contribution >= 0.6 is 0 Å². The molecule has 2 rings (SSSR count). The summed E-state index contributed by atoms with van der Waals surface area (Å²) in [4.78, 5) is 0. The Kier molecular flexibility index (Phi) is 4.94. The second kappa shape index (κ2) is 6.49. The molecule has 0 saturated heterocycles. The summed E-state index contributed by atoms with van der Waals surface area (Å²) in [6, 6.07) is 5.34. The van der Waals surface area contributed by atoms with Crippen molar-refractivity contribution in [3.05, 3.63) is 35.1 Å². The lowest BCUT2D eigenvalue weighted by Gasteiger charge is -2.32. The third kappa shape index (κ3) is 3.77. The Morgan fingerprint density at radius 2 is 2.00 bits per heavy atom. The van der Waals surface area contributed by atoms with Gasteiger partial charge in [-0.05, 0) is 61.3 Å². The van der Waals surface area contributed by atoms with Gasteiger partial charge in [0.25, 0.3) is 0 Å². The molecule has 1 saturated carbocycles. The lowest BCUT2D eigenvalue weighted by molar-refractivity contribution is 0.229. The number of nitrogens with two attached hydrogens (primary N) is 1. The number of rotatable bonds is 4. The first kappa shape index (κ1) is 14.5. The van der Waals surface area contributed by atoms with Crippen LogP contribution in [0.25, 0.3) is 0 Å². The highest BCUT2D eigenvalue weighted by atomic mass is 19.1. The molecular formula is C16H25FN2. The van der Waals surface area contributed by atoms with Crippen LogP contribution in [0.2, 0.25) is 0 Å². The monoisotopic (exact) mass is 264 g/mol. The first-order valence-corrected chi connectivity index (χ1v) is 7.31. The molecule has 106 valence electrons. The molecule has 0 spiro atoms. The molecule has 1 unspecified atom stereocenters. The minimum absolute atomic E-state index is 0.162. The summed E-state index contributed by atoms with van der Waals surface area (Å²) in [6.45, 7) is 4.29. The standard InChI is InChI=1S/C16H25FN2/c1-11-3-5-13(6-4-11)16(19-18)10-14-7-8-15(17)9-12(14)2/h7-9,11,13,16,19H,3-6,10,18H2,1-2H3. The van der Waals surface area contributed by atoms with Crippen LogP contribution in [-0.2, 0) is 6.42 Å². The fourth-order valence-electron chi connectivity index (χ4n) is 3.18. The first-order chi connectivity index (χ1) is 9.10. The lowest BCUT2D eigenvalue weighted by atomic mass is 9.77. The third-order valence-electron chi connectivity index (χ3n) is 4.59. The Labute approximate surface area is 115 Å². The van der Waals surface area contributed by atoms with E-state index in [-0.39, 0.29) is 5.82 Å². The van der Waals surface area contributed by atoms with Gasteiger partial charge in [0.2, 0.25) is 0 Å². The number of benzene rings is 1. The molecule has 0 aliphatic heterocycles. The highest BCUT2D eigenvalue weighted by Crippen LogP contribution is 2.31. The molecular weight excluding hydrogens is 239 g/mol. The molecule has 1 aliphatic carbocycles. The van der Waals surface area contributed by atoms with Gasteiger partial charge < -0.3 is 0 Å². The summed E-state index contributed by atoms with van der Waals surface area (Å²) < 4.78 is 13.1. The zero-order valence-corrected chi connectivity index (χ0v) is 12.0. The highest BCUT2D eigenvalue weighted by molar-refractivity contribution is 5.27. The largest absolute Gasteiger partial charge is 0.271 e. The van der Waals surface area contributed by atoms with Gasteiger partial charge in [0.1, 0.15) is 5.82 Å². The van der Waals surface area contributed by atoms with Gasteiger partial charge in [-0.3, -0.25) is 11.3 Å². The van der Waals surface area contributed by atoms with Gasteiger partial charge in [-0.2, -0.15) is 0 Å². The first-order valence-electron chi connectivity index (χ1n) is 7.31. The quantitative estimate of drug-likeness (QED) is 0.646. The lowest BCUT2D eigenvalue weighted by Crippen LogP contribution is -2.43. The normalized spacial score (nSPS) is 25.3. The summed E-state index contributed by atoms with van der Waals surface area (Å²) in [7, 11) is 0. The van der Waals surface area contributed by atoms with Crippen LogP contribution in [0, 0.1) is 24.6 Å². The van der Waals surface area contributed by atoms with E-state index >= 15 is 0 Å². The maximum Gasteiger partial charge on any atom is 0.123 e. The van der Waals surface area contributed by atoms with Gasteiger partial charge in [0.05, 0.1) is 0 Å². The number of nitrogens with one attached hydrogen (secondary N) is 1. The van der Waals surface area contributed by atoms with Gasteiger partial charge in [-0.15, -0.1) is 0 Å². The number of hydrazine groups is 1. The molecule has 0 heterocycles. The summed E-state index contributed by atoms with van der Waals surface area (Å²) in [5, 5.41) is 0. The van der Waals surface area contributed by atoms with E-state index < -0.39 is 0 Å². The predicted molar refractivity (Wildman–Crippen MR) is 77.1 cm³/mol. The van der Waals surface area contributed by atoms with E-state index in [4.69, 9.17) is 5.84 Å². The summed E-state index contributed by atoms with van der Waals surface area (Å²) in [5.74, 6) is 7.07. The molecule has 3 N–H and O–H groups in total. The van der Waals surface area contributed by atoms with Crippen molar-refractivity contribution in [3.63, 3.8) is 0 Å². The highest BCUT2D eigenvalue weighted by Gasteiger charge is 2.25. The molecule has 0 bridgehead atoms. The Morgan fingerprint density at radius 1 is 1.32 bits per heavy atom. The molecule has 0 amide bonds. The minimum atomic E-state index is -0.162. The Bertz CT molecular complexity index is 411. The van der Waals surface area contributed by atoms with E-state index in [1.807, 2.05) is 13.0 Å². The van der Waals surface area contributed by atoms with Crippen molar-refractivity contribution in [1.82, 2.24) is 5.43 Å². The fourth-order valence-corrected chi connectivity index (χ4v) is 3.18. The van der Waals surface area contributed by atoms with Crippen molar-refractivity contribution in [2.24, 2.45) is 17.7 Å². The summed E-state index contributed by atoms with van der Waals surface area (Å²) in [5.41, 5.74) is 5.20. The van der Waals surface area contributed by atoms with Gasteiger partial charge in [0, 0.05) is 6.04 Å². The average Bonchev–Trinajstić information content (AvgIpc) is 2.39. The topological polar surface area (TPSA) is 38.0 Å². The second-order valence-corrected chi connectivity index (χ2v) is 6.07. The third-order valence-corrected chi connectivity index (χ3v) is 4.59. The molecule has 1 aromatic carbocycles. The summed E-state index contributed by atoms with van der Waals surface area (Å²) in [6.07, 6.45) is 5.98. The van der Waals surface area contributed by atoms with E-state index in [0.29, 0.717) is 12.0 Å². The van der Waals surface area contributed by atoms with E-state index in [0.717, 1.165) is 17.9 Å². The number of aryl methyl sites for hydroxylation is 1. The smallest absolute Gasteiger partial charge is 0.123 e. The number of hydrogen-bond donors (Lipinski definition) is 2. The molecule has 3 heteroatoms. The van der Waals surface area contributed by atoms with Gasteiger partial charge in [0.15, 0.2) is 0 Å². The van der Waals surface area contributed by atoms with Crippen LogP contribution in [0.3, 0.4) is 0 Å². The fraction of sp³-hybridized carbons (Fsp3) is 0.625. The maximum atomic E-state index is 13.1. The van der Waals surface area contributed by atoms with E-state index in [1.54, 1.807) is 12.1 Å². The van der Waals surface area contributed by atoms with Gasteiger partial charge >= 0.3 is 0 Å². The molecule has 19 heavy (non-hydrogen) atoms. The zero-order chi connectivity index (χ0) is 13.8. The molecule has 0 aromatic heterocycles. The zero-order valence-electron chi connectivity index (χ0n) is 12.0. The molecule has 1 aromatic rings. The maximum absolute atomic E-state index is 13.1.